The highest BCUT2D eigenvalue weighted by Crippen LogP contribution is 2.44. The Hall–Kier alpha value is -0.770. The van der Waals surface area contributed by atoms with Crippen LogP contribution in [0.3, 0.4) is 0 Å². The van der Waals surface area contributed by atoms with E-state index in [4.69, 9.17) is 8.92 Å². The minimum atomic E-state index is -0.977. The average molecular weight is 498 g/mol. The molecule has 0 bridgehead atoms. The van der Waals surface area contributed by atoms with Gasteiger partial charge in [0.05, 0.1) is 46.1 Å². The van der Waals surface area contributed by atoms with Gasteiger partial charge in [0.25, 0.3) is 0 Å². The normalized spacial score (nSPS) is 38.8. The molecule has 2 aliphatic heterocycles. The molecule has 0 amide bonds. The van der Waals surface area contributed by atoms with Gasteiger partial charge in [-0.25, -0.2) is 4.98 Å². The standard InChI is InChI=1S/C25H39NO5S2/c1-15-8-7-11-25(6)21(30-25)12-19(10-9-18-13-32-17(3)26-18)31-33-14-20(27)24(4,5)23(29)16(2)22(15)28/h9-10,13,15-16,19-22,27-28H,7-8,11-12,14H2,1-6H3/b10-9+/t15?,16?,19-,20?,21+,22+,25-/m1/s1. The summed E-state index contributed by atoms with van der Waals surface area (Å²) in [6.45, 7) is 11.4. The molecule has 1 aromatic rings. The molecule has 0 aliphatic carbocycles. The van der Waals surface area contributed by atoms with Crippen LogP contribution in [0.5, 0.6) is 0 Å². The van der Waals surface area contributed by atoms with Crippen LogP contribution in [-0.2, 0) is 13.7 Å². The molecule has 7 atom stereocenters. The van der Waals surface area contributed by atoms with Gasteiger partial charge in [-0.1, -0.05) is 40.2 Å². The number of ether oxygens (including phenoxy) is 1. The van der Waals surface area contributed by atoms with Gasteiger partial charge >= 0.3 is 0 Å². The van der Waals surface area contributed by atoms with E-state index in [1.54, 1.807) is 32.1 Å². The Morgan fingerprint density at radius 1 is 1.24 bits per heavy atom. The Morgan fingerprint density at radius 2 is 1.97 bits per heavy atom. The number of aromatic nitrogens is 1. The first-order chi connectivity index (χ1) is 15.4. The SMILES string of the molecule is Cc1nc(/C=C/[C@@H]2C[C@@H]3O[C@]3(C)CCCC(C)[C@H](O)C(C)C(=O)C(C)(C)C(O)CSO2)cs1. The molecule has 2 N–H and O–H groups in total. The lowest BCUT2D eigenvalue weighted by molar-refractivity contribution is -0.140. The van der Waals surface area contributed by atoms with E-state index < -0.39 is 23.5 Å². The Labute approximate surface area is 206 Å². The van der Waals surface area contributed by atoms with Gasteiger partial charge in [0, 0.05) is 23.5 Å². The summed E-state index contributed by atoms with van der Waals surface area (Å²) in [5.74, 6) is -0.392. The molecule has 0 radical (unpaired) electrons. The number of aryl methyl sites for hydroxylation is 1. The van der Waals surface area contributed by atoms with Crippen molar-refractivity contribution in [2.45, 2.75) is 97.2 Å². The molecule has 186 valence electrons. The molecule has 0 saturated carbocycles. The van der Waals surface area contributed by atoms with Crippen molar-refractivity contribution in [1.82, 2.24) is 4.98 Å². The molecule has 1 aromatic heterocycles. The molecule has 6 nitrogen and oxygen atoms in total. The first kappa shape index (κ1) is 26.8. The third-order valence-corrected chi connectivity index (χ3v) is 8.95. The third kappa shape index (κ3) is 6.67. The van der Waals surface area contributed by atoms with E-state index in [1.165, 1.54) is 12.0 Å². The maximum Gasteiger partial charge on any atom is 0.146 e. The van der Waals surface area contributed by atoms with Gasteiger partial charge in [0.2, 0.25) is 0 Å². The zero-order chi connectivity index (χ0) is 24.4. The summed E-state index contributed by atoms with van der Waals surface area (Å²) in [7, 11) is 0. The maximum atomic E-state index is 13.2. The van der Waals surface area contributed by atoms with Gasteiger partial charge in [-0.3, -0.25) is 4.79 Å². The molecule has 3 rings (SSSR count). The second-order valence-electron chi connectivity index (χ2n) is 10.5. The summed E-state index contributed by atoms with van der Waals surface area (Å²) in [5.41, 5.74) is -0.247. The molecule has 3 unspecified atom stereocenters. The van der Waals surface area contributed by atoms with Crippen LogP contribution in [0, 0.1) is 24.2 Å². The molecule has 0 aromatic carbocycles. The van der Waals surface area contributed by atoms with Crippen molar-refractivity contribution in [3.05, 3.63) is 22.2 Å². The van der Waals surface area contributed by atoms with Crippen molar-refractivity contribution in [2.75, 3.05) is 5.75 Å². The first-order valence-electron chi connectivity index (χ1n) is 11.9. The van der Waals surface area contributed by atoms with Gasteiger partial charge in [0.15, 0.2) is 0 Å². The Morgan fingerprint density at radius 3 is 2.64 bits per heavy atom. The van der Waals surface area contributed by atoms with Crippen molar-refractivity contribution in [2.24, 2.45) is 17.3 Å². The number of hydrogen-bond acceptors (Lipinski definition) is 8. The molecular weight excluding hydrogens is 458 g/mol. The van der Waals surface area contributed by atoms with Gasteiger partial charge in [-0.2, -0.15) is 0 Å². The summed E-state index contributed by atoms with van der Waals surface area (Å²) in [4.78, 5) is 17.6. The van der Waals surface area contributed by atoms with E-state index in [-0.39, 0.29) is 35.3 Å². The molecule has 2 aliphatic rings. The zero-order valence-corrected chi connectivity index (χ0v) is 22.2. The first-order valence-corrected chi connectivity index (χ1v) is 13.7. The van der Waals surface area contributed by atoms with Gasteiger partial charge in [-0.05, 0) is 50.7 Å². The number of thiazole rings is 1. The monoisotopic (exact) mass is 497 g/mol. The number of hydrogen-bond donors (Lipinski definition) is 2. The number of ketones is 1. The highest BCUT2D eigenvalue weighted by atomic mass is 32.2. The fourth-order valence-corrected chi connectivity index (χ4v) is 6.10. The molecule has 2 saturated heterocycles. The van der Waals surface area contributed by atoms with Crippen molar-refractivity contribution in [3.8, 4) is 0 Å². The van der Waals surface area contributed by atoms with Crippen LogP contribution in [0.4, 0.5) is 0 Å². The fourth-order valence-electron chi connectivity index (χ4n) is 4.58. The van der Waals surface area contributed by atoms with Crippen LogP contribution in [-0.4, -0.2) is 56.8 Å². The van der Waals surface area contributed by atoms with E-state index in [0.717, 1.165) is 36.4 Å². The predicted molar refractivity (Wildman–Crippen MR) is 134 cm³/mol. The Bertz CT molecular complexity index is 841. The second kappa shape index (κ2) is 10.9. The molecule has 2 fully saturated rings. The van der Waals surface area contributed by atoms with Crippen molar-refractivity contribution in [3.63, 3.8) is 0 Å². The summed E-state index contributed by atoms with van der Waals surface area (Å²) in [5, 5.41) is 24.7. The lowest BCUT2D eigenvalue weighted by atomic mass is 9.74. The zero-order valence-electron chi connectivity index (χ0n) is 20.6. The van der Waals surface area contributed by atoms with Crippen LogP contribution in [0.25, 0.3) is 6.08 Å². The number of rotatable bonds is 2. The van der Waals surface area contributed by atoms with Crippen LogP contribution < -0.4 is 0 Å². The van der Waals surface area contributed by atoms with E-state index in [0.29, 0.717) is 0 Å². The highest BCUT2D eigenvalue weighted by Gasteiger charge is 2.52. The minimum Gasteiger partial charge on any atom is -0.392 e. The number of aliphatic hydroxyl groups excluding tert-OH is 2. The summed E-state index contributed by atoms with van der Waals surface area (Å²) < 4.78 is 12.2. The smallest absolute Gasteiger partial charge is 0.146 e. The molecule has 0 spiro atoms. The predicted octanol–water partition coefficient (Wildman–Crippen LogP) is 4.82. The third-order valence-electron chi connectivity index (χ3n) is 7.33. The average Bonchev–Trinajstić information content (AvgIpc) is 3.19. The molecule has 3 heterocycles. The summed E-state index contributed by atoms with van der Waals surface area (Å²) in [6, 6.07) is 0. The summed E-state index contributed by atoms with van der Waals surface area (Å²) in [6.07, 6.45) is 5.67. The minimum absolute atomic E-state index is 0.000515. The van der Waals surface area contributed by atoms with E-state index in [2.05, 4.69) is 11.9 Å². The van der Waals surface area contributed by atoms with Crippen LogP contribution >= 0.6 is 23.4 Å². The van der Waals surface area contributed by atoms with E-state index in [9.17, 15) is 15.0 Å². The number of carbonyl (C=O) groups excluding carboxylic acids is 1. The van der Waals surface area contributed by atoms with Gasteiger partial charge < -0.3 is 19.1 Å². The highest BCUT2D eigenvalue weighted by molar-refractivity contribution is 7.94. The van der Waals surface area contributed by atoms with E-state index >= 15 is 0 Å². The van der Waals surface area contributed by atoms with Crippen LogP contribution in [0.15, 0.2) is 11.5 Å². The number of epoxide rings is 1. The van der Waals surface area contributed by atoms with Crippen molar-refractivity contribution < 1.29 is 23.9 Å². The topological polar surface area (TPSA) is 92.2 Å². The number of carbonyl (C=O) groups is 1. The maximum absolute atomic E-state index is 13.2. The largest absolute Gasteiger partial charge is 0.392 e. The number of aliphatic hydroxyl groups is 2. The quantitative estimate of drug-likeness (QED) is 0.447. The van der Waals surface area contributed by atoms with Crippen LogP contribution in [0.1, 0.15) is 71.0 Å². The lowest BCUT2D eigenvalue weighted by Crippen LogP contribution is -2.45. The number of nitrogens with zero attached hydrogens (tertiary/aromatic N) is 1. The fraction of sp³-hybridized carbons (Fsp3) is 0.760. The molecular formula is C25H39NO5S2. The van der Waals surface area contributed by atoms with Gasteiger partial charge in [-0.15, -0.1) is 11.3 Å². The number of Topliss-reactive ketones (excluding diaryl/α,β-unsaturated/α-hetero) is 1. The molecule has 8 heteroatoms. The van der Waals surface area contributed by atoms with Crippen LogP contribution in [0.2, 0.25) is 0 Å². The Balaban J connectivity index is 1.75. The van der Waals surface area contributed by atoms with E-state index in [1.807, 2.05) is 31.4 Å². The summed E-state index contributed by atoms with van der Waals surface area (Å²) >= 11 is 2.79. The molecule has 33 heavy (non-hydrogen) atoms. The van der Waals surface area contributed by atoms with Gasteiger partial charge in [0.1, 0.15) is 5.78 Å². The van der Waals surface area contributed by atoms with Crippen molar-refractivity contribution in [1.29, 1.82) is 0 Å². The van der Waals surface area contributed by atoms with Crippen molar-refractivity contribution >= 4 is 35.2 Å². The lowest BCUT2D eigenvalue weighted by Gasteiger charge is -2.34. The second-order valence-corrected chi connectivity index (χ2v) is 12.3. The number of fused-ring (bicyclic) bond motifs is 1. The Kier molecular flexibility index (Phi) is 8.84.